The molecule has 0 aromatic carbocycles. The lowest BCUT2D eigenvalue weighted by molar-refractivity contribution is 0.437. The summed E-state index contributed by atoms with van der Waals surface area (Å²) in [5.41, 5.74) is 1.53. The Kier molecular flexibility index (Phi) is 2.81. The van der Waals surface area contributed by atoms with E-state index in [0.29, 0.717) is 11.4 Å². The SMILES string of the molecule is CC(C)n1cncc1C1NC(C)(C)CS1. The molecular weight excluding hydrogens is 206 g/mol. The highest BCUT2D eigenvalue weighted by atomic mass is 32.2. The molecule has 0 amide bonds. The van der Waals surface area contributed by atoms with Gasteiger partial charge < -0.3 is 4.57 Å². The molecule has 15 heavy (non-hydrogen) atoms. The van der Waals surface area contributed by atoms with Crippen LogP contribution < -0.4 is 5.32 Å². The molecule has 1 fully saturated rings. The van der Waals surface area contributed by atoms with Crippen LogP contribution in [0.2, 0.25) is 0 Å². The fourth-order valence-electron chi connectivity index (χ4n) is 1.84. The molecule has 2 heterocycles. The van der Waals surface area contributed by atoms with Gasteiger partial charge in [-0.15, -0.1) is 11.8 Å². The van der Waals surface area contributed by atoms with Crippen molar-refractivity contribution in [2.45, 2.75) is 44.6 Å². The molecule has 4 heteroatoms. The van der Waals surface area contributed by atoms with Crippen LogP contribution >= 0.6 is 11.8 Å². The van der Waals surface area contributed by atoms with Gasteiger partial charge in [0.2, 0.25) is 0 Å². The quantitative estimate of drug-likeness (QED) is 0.839. The molecule has 1 unspecified atom stereocenters. The molecule has 0 bridgehead atoms. The van der Waals surface area contributed by atoms with Crippen molar-refractivity contribution in [3.05, 3.63) is 18.2 Å². The lowest BCUT2D eigenvalue weighted by atomic mass is 10.1. The summed E-state index contributed by atoms with van der Waals surface area (Å²) in [6, 6.07) is 0.480. The van der Waals surface area contributed by atoms with Crippen molar-refractivity contribution in [3.8, 4) is 0 Å². The lowest BCUT2D eigenvalue weighted by Crippen LogP contribution is -2.36. The van der Waals surface area contributed by atoms with Crippen LogP contribution in [0.4, 0.5) is 0 Å². The highest BCUT2D eigenvalue weighted by molar-refractivity contribution is 7.99. The Balaban J connectivity index is 2.20. The maximum absolute atomic E-state index is 4.25. The number of hydrogen-bond acceptors (Lipinski definition) is 3. The molecule has 3 nitrogen and oxygen atoms in total. The molecule has 0 spiro atoms. The third-order valence-electron chi connectivity index (χ3n) is 2.65. The number of thioether (sulfide) groups is 1. The van der Waals surface area contributed by atoms with Crippen LogP contribution in [0, 0.1) is 0 Å². The number of imidazole rings is 1. The Morgan fingerprint density at radius 2 is 2.33 bits per heavy atom. The fraction of sp³-hybridized carbons (Fsp3) is 0.727. The monoisotopic (exact) mass is 225 g/mol. The van der Waals surface area contributed by atoms with Crippen LogP contribution in [-0.4, -0.2) is 20.8 Å². The lowest BCUT2D eigenvalue weighted by Gasteiger charge is -2.20. The molecule has 1 aliphatic rings. The van der Waals surface area contributed by atoms with E-state index in [0.717, 1.165) is 5.75 Å². The van der Waals surface area contributed by atoms with Crippen LogP contribution in [0.3, 0.4) is 0 Å². The van der Waals surface area contributed by atoms with Crippen molar-refractivity contribution in [1.29, 1.82) is 0 Å². The average Bonchev–Trinajstić information content (AvgIpc) is 2.69. The van der Waals surface area contributed by atoms with E-state index in [4.69, 9.17) is 0 Å². The highest BCUT2D eigenvalue weighted by Crippen LogP contribution is 2.37. The molecule has 2 rings (SSSR count). The molecule has 1 aromatic rings. The van der Waals surface area contributed by atoms with E-state index in [1.807, 2.05) is 24.3 Å². The number of hydrogen-bond donors (Lipinski definition) is 1. The number of rotatable bonds is 2. The second-order valence-electron chi connectivity index (χ2n) is 5.04. The number of nitrogens with one attached hydrogen (secondary N) is 1. The number of aromatic nitrogens is 2. The van der Waals surface area contributed by atoms with Crippen LogP contribution in [0.1, 0.15) is 44.8 Å². The summed E-state index contributed by atoms with van der Waals surface area (Å²) in [5.74, 6) is 1.15. The van der Waals surface area contributed by atoms with E-state index >= 15 is 0 Å². The Hall–Kier alpha value is -0.480. The molecule has 0 saturated carbocycles. The van der Waals surface area contributed by atoms with Crippen LogP contribution in [0.5, 0.6) is 0 Å². The highest BCUT2D eigenvalue weighted by Gasteiger charge is 2.33. The molecule has 84 valence electrons. The minimum absolute atomic E-state index is 0.238. The summed E-state index contributed by atoms with van der Waals surface area (Å²) in [4.78, 5) is 4.25. The van der Waals surface area contributed by atoms with Gasteiger partial charge >= 0.3 is 0 Å². The second kappa shape index (κ2) is 3.83. The predicted octanol–water partition coefficient (Wildman–Crippen LogP) is 2.58. The van der Waals surface area contributed by atoms with Gasteiger partial charge in [0.25, 0.3) is 0 Å². The first-order valence-electron chi connectivity index (χ1n) is 5.41. The summed E-state index contributed by atoms with van der Waals surface area (Å²) in [6.45, 7) is 8.87. The molecule has 1 aliphatic heterocycles. The van der Waals surface area contributed by atoms with Gasteiger partial charge in [0.15, 0.2) is 0 Å². The van der Waals surface area contributed by atoms with Crippen molar-refractivity contribution >= 4 is 11.8 Å². The van der Waals surface area contributed by atoms with E-state index in [9.17, 15) is 0 Å². The molecule has 1 saturated heterocycles. The Morgan fingerprint density at radius 1 is 1.60 bits per heavy atom. The topological polar surface area (TPSA) is 29.9 Å². The molecule has 1 aromatic heterocycles. The summed E-state index contributed by atoms with van der Waals surface area (Å²) < 4.78 is 2.24. The maximum atomic E-state index is 4.25. The minimum Gasteiger partial charge on any atom is -0.330 e. The maximum Gasteiger partial charge on any atom is 0.0963 e. The Bertz CT molecular complexity index is 343. The van der Waals surface area contributed by atoms with Crippen molar-refractivity contribution in [3.63, 3.8) is 0 Å². The smallest absolute Gasteiger partial charge is 0.0963 e. The normalized spacial score (nSPS) is 25.0. The van der Waals surface area contributed by atoms with E-state index in [2.05, 4.69) is 42.6 Å². The van der Waals surface area contributed by atoms with Crippen molar-refractivity contribution < 1.29 is 0 Å². The van der Waals surface area contributed by atoms with Crippen molar-refractivity contribution in [1.82, 2.24) is 14.9 Å². The fourth-order valence-corrected chi connectivity index (χ4v) is 3.26. The zero-order valence-corrected chi connectivity index (χ0v) is 10.6. The van der Waals surface area contributed by atoms with Gasteiger partial charge in [-0.05, 0) is 27.7 Å². The first kappa shape index (κ1) is 11.0. The summed E-state index contributed by atoms with van der Waals surface area (Å²) in [7, 11) is 0. The summed E-state index contributed by atoms with van der Waals surface area (Å²) >= 11 is 1.97. The molecule has 0 radical (unpaired) electrons. The van der Waals surface area contributed by atoms with Gasteiger partial charge in [0.1, 0.15) is 0 Å². The van der Waals surface area contributed by atoms with Crippen LogP contribution in [0.15, 0.2) is 12.5 Å². The first-order valence-corrected chi connectivity index (χ1v) is 6.45. The summed E-state index contributed by atoms with van der Waals surface area (Å²) in [6.07, 6.45) is 3.90. The third-order valence-corrected chi connectivity index (χ3v) is 4.23. The van der Waals surface area contributed by atoms with Gasteiger partial charge in [0, 0.05) is 17.3 Å². The van der Waals surface area contributed by atoms with E-state index in [1.54, 1.807) is 0 Å². The van der Waals surface area contributed by atoms with Gasteiger partial charge in [-0.25, -0.2) is 4.98 Å². The van der Waals surface area contributed by atoms with Gasteiger partial charge in [-0.1, -0.05) is 0 Å². The number of nitrogens with zero attached hydrogens (tertiary/aromatic N) is 2. The second-order valence-corrected chi connectivity index (χ2v) is 6.13. The van der Waals surface area contributed by atoms with Gasteiger partial charge in [-0.3, -0.25) is 5.32 Å². The van der Waals surface area contributed by atoms with Crippen molar-refractivity contribution in [2.75, 3.05) is 5.75 Å². The molecular formula is C11H19N3S. The van der Waals surface area contributed by atoms with Gasteiger partial charge in [-0.2, -0.15) is 0 Å². The van der Waals surface area contributed by atoms with E-state index in [1.165, 1.54) is 5.69 Å². The van der Waals surface area contributed by atoms with Gasteiger partial charge in [0.05, 0.1) is 23.6 Å². The minimum atomic E-state index is 0.238. The average molecular weight is 225 g/mol. The zero-order chi connectivity index (χ0) is 11.1. The van der Waals surface area contributed by atoms with Crippen LogP contribution in [-0.2, 0) is 0 Å². The Labute approximate surface area is 95.7 Å². The van der Waals surface area contributed by atoms with E-state index < -0.39 is 0 Å². The predicted molar refractivity (Wildman–Crippen MR) is 65.0 cm³/mol. The Morgan fingerprint density at radius 3 is 2.87 bits per heavy atom. The van der Waals surface area contributed by atoms with Crippen LogP contribution in [0.25, 0.3) is 0 Å². The molecule has 0 aliphatic carbocycles. The zero-order valence-electron chi connectivity index (χ0n) is 9.82. The molecule has 1 atom stereocenters. The first-order chi connectivity index (χ1) is 6.99. The van der Waals surface area contributed by atoms with E-state index in [-0.39, 0.29) is 5.54 Å². The molecule has 1 N–H and O–H groups in total. The third kappa shape index (κ3) is 2.21. The van der Waals surface area contributed by atoms with Crippen molar-refractivity contribution in [2.24, 2.45) is 0 Å². The largest absolute Gasteiger partial charge is 0.330 e. The standard InChI is InChI=1S/C11H19N3S/c1-8(2)14-7-12-5-9(14)10-13-11(3,4)6-15-10/h5,7-8,10,13H,6H2,1-4H3. The summed E-state index contributed by atoms with van der Waals surface area (Å²) in [5, 5.41) is 4.02.